The van der Waals surface area contributed by atoms with Crippen molar-refractivity contribution in [3.63, 3.8) is 0 Å². The lowest BCUT2D eigenvalue weighted by Crippen LogP contribution is -2.43. The normalized spacial score (nSPS) is 19.0. The number of halogens is 1. The van der Waals surface area contributed by atoms with E-state index in [1.165, 1.54) is 0 Å². The first kappa shape index (κ1) is 18.5. The zero-order chi connectivity index (χ0) is 18.8. The summed E-state index contributed by atoms with van der Waals surface area (Å²) in [7, 11) is 0. The summed E-state index contributed by atoms with van der Waals surface area (Å²) in [6.45, 7) is 5.24. The molecule has 1 aliphatic heterocycles. The molecule has 0 saturated carbocycles. The smallest absolute Gasteiger partial charge is 0.224 e. The first-order valence-corrected chi connectivity index (χ1v) is 9.17. The highest BCUT2D eigenvalue weighted by atomic mass is 35.5. The van der Waals surface area contributed by atoms with Gasteiger partial charge in [-0.3, -0.25) is 9.59 Å². The van der Waals surface area contributed by atoms with E-state index < -0.39 is 0 Å². The van der Waals surface area contributed by atoms with Crippen LogP contribution in [0.3, 0.4) is 0 Å². The maximum Gasteiger partial charge on any atom is 0.224 e. The number of carbonyl (C=O) groups excluding carboxylic acids is 2. The lowest BCUT2D eigenvalue weighted by molar-refractivity contribution is -0.117. The van der Waals surface area contributed by atoms with Crippen molar-refractivity contribution in [1.82, 2.24) is 0 Å². The molecule has 0 spiro atoms. The van der Waals surface area contributed by atoms with Crippen molar-refractivity contribution in [2.24, 2.45) is 0 Å². The lowest BCUT2D eigenvalue weighted by Gasteiger charge is -2.39. The van der Waals surface area contributed by atoms with Crippen LogP contribution in [0, 0.1) is 0 Å². The van der Waals surface area contributed by atoms with Crippen LogP contribution in [0.4, 0.5) is 11.4 Å². The number of carbonyl (C=O) groups is 2. The van der Waals surface area contributed by atoms with E-state index in [2.05, 4.69) is 12.2 Å². The molecule has 0 radical (unpaired) electrons. The Hall–Kier alpha value is -2.33. The molecule has 3 rings (SSSR count). The van der Waals surface area contributed by atoms with Gasteiger partial charge in [0.15, 0.2) is 0 Å². The molecule has 0 aliphatic carbocycles. The number of fused-ring (bicyclic) bond motifs is 1. The largest absolute Gasteiger partial charge is 0.378 e. The van der Waals surface area contributed by atoms with Crippen LogP contribution in [0.2, 0.25) is 5.02 Å². The minimum absolute atomic E-state index is 0.0306. The van der Waals surface area contributed by atoms with E-state index in [4.69, 9.17) is 11.6 Å². The third-order valence-electron chi connectivity index (χ3n) is 4.72. The predicted molar refractivity (Wildman–Crippen MR) is 106 cm³/mol. The highest BCUT2D eigenvalue weighted by Crippen LogP contribution is 2.39. The molecule has 136 valence electrons. The molecule has 1 amide bonds. The SMILES string of the molecule is CC(=O)Cc1ccc2c(c1)C(Nc1ccc(Cl)cc1)CC(C)N2C(C)=O. The molecule has 26 heavy (non-hydrogen) atoms. The van der Waals surface area contributed by atoms with Crippen LogP contribution in [-0.4, -0.2) is 17.7 Å². The Labute approximate surface area is 159 Å². The molecule has 2 aromatic rings. The molecule has 2 unspecified atom stereocenters. The van der Waals surface area contributed by atoms with Crippen molar-refractivity contribution < 1.29 is 9.59 Å². The van der Waals surface area contributed by atoms with E-state index in [1.54, 1.807) is 13.8 Å². The third-order valence-corrected chi connectivity index (χ3v) is 4.97. The van der Waals surface area contributed by atoms with Gasteiger partial charge in [0.2, 0.25) is 5.91 Å². The van der Waals surface area contributed by atoms with Crippen LogP contribution in [0.1, 0.15) is 44.4 Å². The van der Waals surface area contributed by atoms with E-state index in [0.29, 0.717) is 11.4 Å². The van der Waals surface area contributed by atoms with Crippen molar-refractivity contribution in [1.29, 1.82) is 0 Å². The molecule has 0 aromatic heterocycles. The number of nitrogens with zero attached hydrogens (tertiary/aromatic N) is 1. The average Bonchev–Trinajstić information content (AvgIpc) is 2.56. The summed E-state index contributed by atoms with van der Waals surface area (Å²) >= 11 is 5.98. The Bertz CT molecular complexity index is 832. The summed E-state index contributed by atoms with van der Waals surface area (Å²) in [4.78, 5) is 25.5. The number of amides is 1. The summed E-state index contributed by atoms with van der Waals surface area (Å²) in [6, 6.07) is 13.7. The van der Waals surface area contributed by atoms with Gasteiger partial charge in [-0.05, 0) is 61.7 Å². The average molecular weight is 371 g/mol. The molecule has 5 heteroatoms. The second kappa shape index (κ2) is 7.50. The Morgan fingerprint density at radius 1 is 1.15 bits per heavy atom. The Kier molecular flexibility index (Phi) is 5.33. The highest BCUT2D eigenvalue weighted by Gasteiger charge is 2.32. The monoisotopic (exact) mass is 370 g/mol. The zero-order valence-electron chi connectivity index (χ0n) is 15.3. The lowest BCUT2D eigenvalue weighted by atomic mass is 9.89. The maximum absolute atomic E-state index is 12.2. The van der Waals surface area contributed by atoms with Gasteiger partial charge < -0.3 is 10.2 Å². The molecule has 0 fully saturated rings. The number of ketones is 1. The van der Waals surface area contributed by atoms with Gasteiger partial charge in [0.25, 0.3) is 0 Å². The minimum Gasteiger partial charge on any atom is -0.378 e. The van der Waals surface area contributed by atoms with Gasteiger partial charge in [0, 0.05) is 35.8 Å². The van der Waals surface area contributed by atoms with E-state index >= 15 is 0 Å². The van der Waals surface area contributed by atoms with Gasteiger partial charge in [0.1, 0.15) is 5.78 Å². The molecule has 2 atom stereocenters. The van der Waals surface area contributed by atoms with E-state index in [0.717, 1.165) is 28.9 Å². The number of nitrogens with one attached hydrogen (secondary N) is 1. The van der Waals surface area contributed by atoms with Gasteiger partial charge in [-0.2, -0.15) is 0 Å². The second-order valence-corrected chi connectivity index (χ2v) is 7.39. The van der Waals surface area contributed by atoms with Gasteiger partial charge in [-0.25, -0.2) is 0 Å². The van der Waals surface area contributed by atoms with Crippen LogP contribution in [0.15, 0.2) is 42.5 Å². The van der Waals surface area contributed by atoms with Crippen molar-refractivity contribution in [2.75, 3.05) is 10.2 Å². The quantitative estimate of drug-likeness (QED) is 0.843. The topological polar surface area (TPSA) is 49.4 Å². The second-order valence-electron chi connectivity index (χ2n) is 6.95. The molecule has 0 saturated heterocycles. The number of hydrogen-bond donors (Lipinski definition) is 1. The summed E-state index contributed by atoms with van der Waals surface area (Å²) in [5.74, 6) is 0.155. The minimum atomic E-state index is 0.0306. The molecular weight excluding hydrogens is 348 g/mol. The number of anilines is 2. The summed E-state index contributed by atoms with van der Waals surface area (Å²) in [5, 5.41) is 4.25. The van der Waals surface area contributed by atoms with Gasteiger partial charge in [-0.1, -0.05) is 23.7 Å². The molecule has 1 heterocycles. The number of benzene rings is 2. The highest BCUT2D eigenvalue weighted by molar-refractivity contribution is 6.30. The van der Waals surface area contributed by atoms with Gasteiger partial charge in [-0.15, -0.1) is 0 Å². The van der Waals surface area contributed by atoms with Crippen LogP contribution < -0.4 is 10.2 Å². The van der Waals surface area contributed by atoms with Crippen LogP contribution in [0.5, 0.6) is 0 Å². The number of hydrogen-bond acceptors (Lipinski definition) is 3. The zero-order valence-corrected chi connectivity index (χ0v) is 16.0. The fourth-order valence-electron chi connectivity index (χ4n) is 3.67. The van der Waals surface area contributed by atoms with Crippen molar-refractivity contribution >= 4 is 34.7 Å². The first-order valence-electron chi connectivity index (χ1n) is 8.79. The van der Waals surface area contributed by atoms with Crippen LogP contribution in [-0.2, 0) is 16.0 Å². The van der Waals surface area contributed by atoms with Crippen LogP contribution >= 0.6 is 11.6 Å². The molecule has 1 N–H and O–H groups in total. The van der Waals surface area contributed by atoms with E-state index in [9.17, 15) is 9.59 Å². The summed E-state index contributed by atoms with van der Waals surface area (Å²) in [5.41, 5.74) is 3.91. The van der Waals surface area contributed by atoms with Crippen molar-refractivity contribution in [2.45, 2.75) is 45.7 Å². The van der Waals surface area contributed by atoms with Crippen molar-refractivity contribution in [3.8, 4) is 0 Å². The Balaban J connectivity index is 2.00. The standard InChI is InChI=1S/C21H23ClN2O2/c1-13-10-20(23-18-7-5-17(22)6-8-18)19-12-16(11-14(2)25)4-9-21(19)24(13)15(3)26/h4-9,12-13,20,23H,10-11H2,1-3H3. The third kappa shape index (κ3) is 3.91. The fraction of sp³-hybridized carbons (Fsp3) is 0.333. The van der Waals surface area contributed by atoms with E-state index in [-0.39, 0.29) is 23.8 Å². The van der Waals surface area contributed by atoms with Gasteiger partial charge in [0.05, 0.1) is 6.04 Å². The maximum atomic E-state index is 12.2. The summed E-state index contributed by atoms with van der Waals surface area (Å²) in [6.07, 6.45) is 1.19. The molecule has 1 aliphatic rings. The Morgan fingerprint density at radius 2 is 1.85 bits per heavy atom. The molecule has 0 bridgehead atoms. The number of Topliss-reactive ketones (excluding diaryl/α,β-unsaturated/α-hetero) is 1. The van der Waals surface area contributed by atoms with E-state index in [1.807, 2.05) is 47.4 Å². The number of rotatable bonds is 4. The predicted octanol–water partition coefficient (Wildman–Crippen LogP) is 4.77. The first-order chi connectivity index (χ1) is 12.3. The van der Waals surface area contributed by atoms with Crippen LogP contribution in [0.25, 0.3) is 0 Å². The fourth-order valence-corrected chi connectivity index (χ4v) is 3.80. The van der Waals surface area contributed by atoms with Crippen molar-refractivity contribution in [3.05, 3.63) is 58.6 Å². The Morgan fingerprint density at radius 3 is 2.46 bits per heavy atom. The van der Waals surface area contributed by atoms with Gasteiger partial charge >= 0.3 is 0 Å². The molecule has 4 nitrogen and oxygen atoms in total. The molecule has 2 aromatic carbocycles. The summed E-state index contributed by atoms with van der Waals surface area (Å²) < 4.78 is 0. The molecular formula is C21H23ClN2O2.